The van der Waals surface area contributed by atoms with Crippen molar-refractivity contribution >= 4 is 59.7 Å². The van der Waals surface area contributed by atoms with Crippen LogP contribution in [-0.4, -0.2) is 60.1 Å². The fraction of sp³-hybridized carbons (Fsp3) is 0.360. The van der Waals surface area contributed by atoms with Gasteiger partial charge in [0.1, 0.15) is 0 Å². The lowest BCUT2D eigenvalue weighted by atomic mass is 10.1. The number of non-ortho nitro benzene ring substituents is 1. The lowest BCUT2D eigenvalue weighted by molar-refractivity contribution is -0.384. The number of thiophene rings is 1. The lowest BCUT2D eigenvalue weighted by Gasteiger charge is -2.27. The van der Waals surface area contributed by atoms with Crippen molar-refractivity contribution in [2.75, 3.05) is 44.3 Å². The van der Waals surface area contributed by atoms with Crippen LogP contribution in [0.2, 0.25) is 0 Å². The predicted molar refractivity (Wildman–Crippen MR) is 141 cm³/mol. The van der Waals surface area contributed by atoms with E-state index in [-0.39, 0.29) is 11.6 Å². The summed E-state index contributed by atoms with van der Waals surface area (Å²) >= 11 is 2.88. The van der Waals surface area contributed by atoms with Gasteiger partial charge < -0.3 is 4.74 Å². The number of nitrogens with zero attached hydrogens (tertiary/aromatic N) is 4. The van der Waals surface area contributed by atoms with Gasteiger partial charge in [-0.15, -0.1) is 11.3 Å². The molecule has 1 saturated heterocycles. The van der Waals surface area contributed by atoms with Gasteiger partial charge in [0.05, 0.1) is 33.2 Å². The molecule has 10 heteroatoms. The van der Waals surface area contributed by atoms with E-state index in [1.807, 2.05) is 0 Å². The highest BCUT2D eigenvalue weighted by Crippen LogP contribution is 2.34. The lowest BCUT2D eigenvalue weighted by Crippen LogP contribution is -2.39. The molecule has 0 atom stereocenters. The van der Waals surface area contributed by atoms with Crippen molar-refractivity contribution in [2.24, 2.45) is 0 Å². The first-order valence-corrected chi connectivity index (χ1v) is 13.2. The number of carbonyl (C=O) groups is 1. The Hall–Kier alpha value is -2.92. The molecule has 0 saturated carbocycles. The summed E-state index contributed by atoms with van der Waals surface area (Å²) in [6.07, 6.45) is 0.816. The molecule has 1 aliphatic heterocycles. The van der Waals surface area contributed by atoms with E-state index < -0.39 is 4.92 Å². The minimum atomic E-state index is -0.415. The molecule has 0 radical (unpaired) electrons. The van der Waals surface area contributed by atoms with Gasteiger partial charge in [0.15, 0.2) is 5.13 Å². The number of thiazole rings is 1. The van der Waals surface area contributed by atoms with E-state index in [1.165, 1.54) is 45.9 Å². The number of nitro benzene ring substituents is 1. The van der Waals surface area contributed by atoms with E-state index in [1.54, 1.807) is 17.0 Å². The number of ether oxygens (including phenoxy) is 1. The molecule has 1 amide bonds. The van der Waals surface area contributed by atoms with Crippen LogP contribution in [0.5, 0.6) is 0 Å². The number of benzene rings is 2. The summed E-state index contributed by atoms with van der Waals surface area (Å²) in [5, 5.41) is 12.6. The quantitative estimate of drug-likeness (QED) is 0.244. The highest BCUT2D eigenvalue weighted by atomic mass is 32.1. The Morgan fingerprint density at radius 2 is 1.89 bits per heavy atom. The Morgan fingerprint density at radius 3 is 2.66 bits per heavy atom. The normalized spacial score (nSPS) is 14.6. The number of aromatic nitrogens is 1. The summed E-state index contributed by atoms with van der Waals surface area (Å²) in [6, 6.07) is 10.7. The second kappa shape index (κ2) is 9.98. The molecular formula is C25H26N4O4S2. The standard InChI is InChI=1S/C25H26N4O4S2/c1-16-12-20-22(13-17(16)2)35-25(26-20)28(7-3-6-27-8-10-33-11-9-27)24(30)23-15-18-14-19(29(31)32)4-5-21(18)34-23/h4-5,12-15H,3,6-11H2,1-2H3. The van der Waals surface area contributed by atoms with Gasteiger partial charge in [-0.2, -0.15) is 0 Å². The molecule has 0 N–H and O–H groups in total. The number of nitro groups is 1. The second-order valence-electron chi connectivity index (χ2n) is 8.75. The number of morpholine rings is 1. The van der Waals surface area contributed by atoms with E-state index in [0.29, 0.717) is 21.9 Å². The van der Waals surface area contributed by atoms with Gasteiger partial charge in [0.2, 0.25) is 0 Å². The molecule has 1 fully saturated rings. The fourth-order valence-corrected chi connectivity index (χ4v) is 6.29. The van der Waals surface area contributed by atoms with E-state index in [0.717, 1.165) is 54.2 Å². The summed E-state index contributed by atoms with van der Waals surface area (Å²) in [5.41, 5.74) is 3.29. The van der Waals surface area contributed by atoms with Crippen molar-refractivity contribution in [3.05, 3.63) is 62.5 Å². The molecule has 35 heavy (non-hydrogen) atoms. The zero-order valence-electron chi connectivity index (χ0n) is 19.7. The van der Waals surface area contributed by atoms with E-state index in [4.69, 9.17) is 9.72 Å². The zero-order chi connectivity index (χ0) is 24.5. The van der Waals surface area contributed by atoms with Crippen molar-refractivity contribution in [3.63, 3.8) is 0 Å². The number of hydrogen-bond donors (Lipinski definition) is 0. The van der Waals surface area contributed by atoms with Crippen molar-refractivity contribution in [1.82, 2.24) is 9.88 Å². The van der Waals surface area contributed by atoms with E-state index in [2.05, 4.69) is 30.9 Å². The van der Waals surface area contributed by atoms with Crippen molar-refractivity contribution in [2.45, 2.75) is 20.3 Å². The molecular weight excluding hydrogens is 484 g/mol. The molecule has 0 aliphatic carbocycles. The molecule has 3 heterocycles. The van der Waals surface area contributed by atoms with E-state index >= 15 is 0 Å². The van der Waals surface area contributed by atoms with Crippen molar-refractivity contribution in [3.8, 4) is 0 Å². The Kier molecular flexibility index (Phi) is 6.79. The van der Waals surface area contributed by atoms with Gasteiger partial charge in [-0.3, -0.25) is 24.7 Å². The van der Waals surface area contributed by atoms with Crippen molar-refractivity contribution < 1.29 is 14.5 Å². The highest BCUT2D eigenvalue weighted by Gasteiger charge is 2.24. The molecule has 0 spiro atoms. The maximum absolute atomic E-state index is 13.8. The first-order valence-electron chi connectivity index (χ1n) is 11.6. The number of carbonyl (C=O) groups excluding carboxylic acids is 1. The molecule has 1 aliphatic rings. The van der Waals surface area contributed by atoms with Gasteiger partial charge in [-0.1, -0.05) is 11.3 Å². The molecule has 5 rings (SSSR count). The van der Waals surface area contributed by atoms with Crippen LogP contribution < -0.4 is 4.90 Å². The van der Waals surface area contributed by atoms with Crippen LogP contribution in [0, 0.1) is 24.0 Å². The average Bonchev–Trinajstić information content (AvgIpc) is 3.45. The first kappa shape index (κ1) is 23.8. The molecule has 182 valence electrons. The molecule has 2 aromatic carbocycles. The summed E-state index contributed by atoms with van der Waals surface area (Å²) in [7, 11) is 0. The summed E-state index contributed by atoms with van der Waals surface area (Å²) in [6.45, 7) is 8.87. The molecule has 8 nitrogen and oxygen atoms in total. The third-order valence-corrected chi connectivity index (χ3v) is 8.50. The Balaban J connectivity index is 1.45. The number of rotatable bonds is 7. The Labute approximate surface area is 210 Å². The van der Waals surface area contributed by atoms with Crippen LogP contribution in [0.15, 0.2) is 36.4 Å². The zero-order valence-corrected chi connectivity index (χ0v) is 21.3. The van der Waals surface area contributed by atoms with Gasteiger partial charge in [0.25, 0.3) is 11.6 Å². The smallest absolute Gasteiger partial charge is 0.270 e. The van der Waals surface area contributed by atoms with Crippen LogP contribution in [0.3, 0.4) is 0 Å². The number of amides is 1. The van der Waals surface area contributed by atoms with Gasteiger partial charge in [-0.25, -0.2) is 4.98 Å². The number of hydrogen-bond acceptors (Lipinski definition) is 8. The fourth-order valence-electron chi connectivity index (χ4n) is 4.23. The minimum Gasteiger partial charge on any atom is -0.379 e. The van der Waals surface area contributed by atoms with Crippen LogP contribution in [0.1, 0.15) is 27.2 Å². The molecule has 0 unspecified atom stereocenters. The predicted octanol–water partition coefficient (Wildman–Crippen LogP) is 5.41. The maximum atomic E-state index is 13.8. The number of aryl methyl sites for hydroxylation is 2. The Morgan fingerprint density at radius 1 is 1.11 bits per heavy atom. The monoisotopic (exact) mass is 510 g/mol. The summed E-state index contributed by atoms with van der Waals surface area (Å²) in [4.78, 5) is 34.0. The molecule has 0 bridgehead atoms. The van der Waals surface area contributed by atoms with Crippen LogP contribution in [-0.2, 0) is 4.74 Å². The SMILES string of the molecule is Cc1cc2nc(N(CCCN3CCOCC3)C(=O)c3cc4cc([N+](=O)[O-])ccc4s3)sc2cc1C. The number of fused-ring (bicyclic) bond motifs is 2. The third kappa shape index (κ3) is 5.06. The Bertz CT molecular complexity index is 1370. The maximum Gasteiger partial charge on any atom is 0.270 e. The minimum absolute atomic E-state index is 0.0218. The van der Waals surface area contributed by atoms with Crippen LogP contribution in [0.4, 0.5) is 10.8 Å². The summed E-state index contributed by atoms with van der Waals surface area (Å²) < 4.78 is 7.35. The number of anilines is 1. The average molecular weight is 511 g/mol. The molecule has 4 aromatic rings. The largest absolute Gasteiger partial charge is 0.379 e. The first-order chi connectivity index (χ1) is 16.9. The summed E-state index contributed by atoms with van der Waals surface area (Å²) in [5.74, 6) is -0.122. The van der Waals surface area contributed by atoms with Gasteiger partial charge in [0, 0.05) is 48.4 Å². The van der Waals surface area contributed by atoms with Gasteiger partial charge >= 0.3 is 0 Å². The second-order valence-corrected chi connectivity index (χ2v) is 10.8. The molecule has 2 aromatic heterocycles. The highest BCUT2D eigenvalue weighted by molar-refractivity contribution is 7.23. The van der Waals surface area contributed by atoms with Gasteiger partial charge in [-0.05, 0) is 55.7 Å². The third-order valence-electron chi connectivity index (χ3n) is 6.35. The van der Waals surface area contributed by atoms with Crippen molar-refractivity contribution in [1.29, 1.82) is 0 Å². The van der Waals surface area contributed by atoms with Crippen LogP contribution >= 0.6 is 22.7 Å². The van der Waals surface area contributed by atoms with E-state index in [9.17, 15) is 14.9 Å². The topological polar surface area (TPSA) is 88.8 Å². The van der Waals surface area contributed by atoms with Crippen LogP contribution in [0.25, 0.3) is 20.3 Å².